The lowest BCUT2D eigenvalue weighted by Crippen LogP contribution is -2.39. The number of amides is 3. The number of nitrogens with one attached hydrogen (secondary N) is 2. The zero-order valence-electron chi connectivity index (χ0n) is 27.1. The molecule has 12 nitrogen and oxygen atoms in total. The molecule has 6 rings (SSSR count). The molecule has 0 spiro atoms. The number of carbonyl (C=O) groups is 2. The fourth-order valence-corrected chi connectivity index (χ4v) is 6.53. The van der Waals surface area contributed by atoms with Gasteiger partial charge in [-0.15, -0.1) is 0 Å². The number of unbranched alkanes of at least 4 members (excludes halogenated alkanes) is 2. The molecule has 4 heterocycles. The molecule has 1 aliphatic rings. The summed E-state index contributed by atoms with van der Waals surface area (Å²) in [5.74, 6) is -0.911. The van der Waals surface area contributed by atoms with Crippen LogP contribution >= 0.6 is 23.1 Å². The molecule has 3 amide bonds. The van der Waals surface area contributed by atoms with Gasteiger partial charge in [-0.3, -0.25) is 15.0 Å². The highest BCUT2D eigenvalue weighted by molar-refractivity contribution is 7.10. The summed E-state index contributed by atoms with van der Waals surface area (Å²) in [7, 11) is 0. The lowest BCUT2D eigenvalue weighted by Gasteiger charge is -2.29. The van der Waals surface area contributed by atoms with Crippen molar-refractivity contribution < 1.29 is 23.1 Å². The van der Waals surface area contributed by atoms with E-state index < -0.39 is 23.6 Å². The number of likely N-dealkylation sites (tertiary alicyclic amines) is 1. The number of nitrogens with zero attached hydrogens (tertiary/aromatic N) is 6. The molecule has 1 aliphatic heterocycles. The molecule has 4 N–H and O–H groups in total. The number of benzene rings is 2. The average Bonchev–Trinajstić information content (AvgIpc) is 3.67. The summed E-state index contributed by atoms with van der Waals surface area (Å²) in [6.07, 6.45) is 7.40. The third-order valence-electron chi connectivity index (χ3n) is 8.40. The van der Waals surface area contributed by atoms with E-state index in [9.17, 15) is 14.0 Å². The first-order chi connectivity index (χ1) is 24.2. The highest BCUT2D eigenvalue weighted by Crippen LogP contribution is 2.32. The second kappa shape index (κ2) is 16.4. The number of nitrogens with two attached hydrogens (primary N) is 1. The molecular formula is C34H36ClF2N9O3S. The first-order valence-corrected chi connectivity index (χ1v) is 17.5. The Morgan fingerprint density at radius 3 is 2.56 bits per heavy atom. The quantitative estimate of drug-likeness (QED) is 0.123. The largest absolute Gasteiger partial charge is 0.434 e. The number of carbonyl (C=O) groups excluding carboxylic acids is 2. The second-order valence-electron chi connectivity index (χ2n) is 12.2. The van der Waals surface area contributed by atoms with Crippen LogP contribution in [0.1, 0.15) is 54.7 Å². The van der Waals surface area contributed by atoms with E-state index in [1.165, 1.54) is 54.3 Å². The summed E-state index contributed by atoms with van der Waals surface area (Å²) in [5.41, 5.74) is 9.40. The Labute approximate surface area is 296 Å². The molecule has 262 valence electrons. The van der Waals surface area contributed by atoms with Crippen LogP contribution in [-0.2, 0) is 30.6 Å². The molecule has 0 saturated carbocycles. The zero-order chi connectivity index (χ0) is 35.0. The van der Waals surface area contributed by atoms with Gasteiger partial charge in [-0.2, -0.15) is 14.5 Å². The number of aryl methyl sites for hydroxylation is 2. The number of imide groups is 1. The van der Waals surface area contributed by atoms with Gasteiger partial charge in [0.25, 0.3) is 0 Å². The predicted octanol–water partition coefficient (Wildman–Crippen LogP) is 6.07. The van der Waals surface area contributed by atoms with Gasteiger partial charge in [0, 0.05) is 36.5 Å². The fraction of sp³-hybridized carbons (Fsp3) is 0.353. The predicted molar refractivity (Wildman–Crippen MR) is 185 cm³/mol. The first-order valence-electron chi connectivity index (χ1n) is 16.3. The molecule has 3 aromatic heterocycles. The Bertz CT molecular complexity index is 1950. The zero-order valence-corrected chi connectivity index (χ0v) is 28.7. The summed E-state index contributed by atoms with van der Waals surface area (Å²) in [5, 5.41) is 9.17. The summed E-state index contributed by atoms with van der Waals surface area (Å²) in [4.78, 5) is 35.6. The van der Waals surface area contributed by atoms with Crippen molar-refractivity contribution >= 4 is 46.3 Å². The number of rotatable bonds is 13. The van der Waals surface area contributed by atoms with Crippen molar-refractivity contribution in [3.05, 3.63) is 93.6 Å². The van der Waals surface area contributed by atoms with Crippen LogP contribution in [0.25, 0.3) is 5.52 Å². The van der Waals surface area contributed by atoms with Gasteiger partial charge in [0.05, 0.1) is 6.42 Å². The number of hydrogen-bond donors (Lipinski definition) is 3. The van der Waals surface area contributed by atoms with E-state index in [4.69, 9.17) is 22.1 Å². The summed E-state index contributed by atoms with van der Waals surface area (Å²) in [6.45, 7) is 2.36. The molecule has 0 radical (unpaired) electrons. The summed E-state index contributed by atoms with van der Waals surface area (Å²) < 4.78 is 41.1. The smallest absolute Gasteiger partial charge is 0.325 e. The minimum atomic E-state index is -0.837. The van der Waals surface area contributed by atoms with Crippen molar-refractivity contribution in [1.82, 2.24) is 34.2 Å². The van der Waals surface area contributed by atoms with E-state index in [0.717, 1.165) is 81.2 Å². The topological polar surface area (TPSA) is 153 Å². The van der Waals surface area contributed by atoms with E-state index in [-0.39, 0.29) is 29.8 Å². The molecule has 2 aromatic carbocycles. The highest BCUT2D eigenvalue weighted by Gasteiger charge is 2.22. The standard InChI is InChI=1S/C34H36ClF2N9O3S/c35-33-42-29(44-50-33)5-3-1-2-4-26-17-22(19-45-14-12-24(38)13-15-45)31-32(39-20-40-46(26)31)49-28-11-10-25(18-27(28)37)41-34(48)43-30(47)16-21-6-8-23(36)9-7-21/h6-11,17-18,20,24H,1-5,12-16,19,38H2,(H2,41,43,47,48). The molecule has 1 saturated heterocycles. The average molecular weight is 724 g/mol. The number of halogens is 3. The molecule has 0 bridgehead atoms. The maximum Gasteiger partial charge on any atom is 0.325 e. The Balaban J connectivity index is 1.13. The molecule has 16 heteroatoms. The molecular weight excluding hydrogens is 688 g/mol. The van der Waals surface area contributed by atoms with Gasteiger partial charge in [0.1, 0.15) is 23.5 Å². The lowest BCUT2D eigenvalue weighted by atomic mass is 10.1. The number of fused-ring (bicyclic) bond motifs is 1. The van der Waals surface area contributed by atoms with Crippen LogP contribution in [0.5, 0.6) is 11.6 Å². The number of hydrogen-bond acceptors (Lipinski definition) is 10. The SMILES string of the molecule is NC1CCN(Cc2cc(CCCCCc3nsc(Cl)n3)n3ncnc(Oc4ccc(NC(=O)NC(=O)Cc5ccc(F)cc5)cc4F)c23)CC1. The second-order valence-corrected chi connectivity index (χ2v) is 13.5. The number of aromatic nitrogens is 5. The van der Waals surface area contributed by atoms with Crippen LogP contribution in [0.3, 0.4) is 0 Å². The van der Waals surface area contributed by atoms with Gasteiger partial charge in [-0.05, 0) is 110 Å². The van der Waals surface area contributed by atoms with Crippen LogP contribution in [0.4, 0.5) is 19.3 Å². The summed E-state index contributed by atoms with van der Waals surface area (Å²) in [6, 6.07) is 10.8. The van der Waals surface area contributed by atoms with Gasteiger partial charge < -0.3 is 15.8 Å². The fourth-order valence-electron chi connectivity index (χ4n) is 5.87. The monoisotopic (exact) mass is 723 g/mol. The van der Waals surface area contributed by atoms with Crippen LogP contribution < -0.4 is 21.1 Å². The van der Waals surface area contributed by atoms with E-state index in [1.807, 2.05) is 4.52 Å². The minimum absolute atomic E-state index is 0.0997. The molecule has 1 fully saturated rings. The first kappa shape index (κ1) is 35.3. The van der Waals surface area contributed by atoms with Gasteiger partial charge in [0.2, 0.25) is 16.3 Å². The normalized spacial score (nSPS) is 13.8. The molecule has 0 atom stereocenters. The van der Waals surface area contributed by atoms with Gasteiger partial charge in [-0.1, -0.05) is 18.6 Å². The Morgan fingerprint density at radius 2 is 1.82 bits per heavy atom. The number of anilines is 1. The van der Waals surface area contributed by atoms with E-state index in [0.29, 0.717) is 22.1 Å². The van der Waals surface area contributed by atoms with Crippen molar-refractivity contribution in [3.63, 3.8) is 0 Å². The van der Waals surface area contributed by atoms with Crippen molar-refractivity contribution in [3.8, 4) is 11.6 Å². The Hall–Kier alpha value is -4.57. The van der Waals surface area contributed by atoms with Crippen LogP contribution in [0.15, 0.2) is 54.9 Å². The minimum Gasteiger partial charge on any atom is -0.434 e. The molecule has 50 heavy (non-hydrogen) atoms. The Kier molecular flexibility index (Phi) is 11.6. The lowest BCUT2D eigenvalue weighted by molar-refractivity contribution is -0.119. The number of ether oxygens (including phenoxy) is 1. The maximum atomic E-state index is 15.4. The van der Waals surface area contributed by atoms with Crippen molar-refractivity contribution in [1.29, 1.82) is 0 Å². The summed E-state index contributed by atoms with van der Waals surface area (Å²) >= 11 is 7.10. The molecule has 0 aliphatic carbocycles. The van der Waals surface area contributed by atoms with Gasteiger partial charge >= 0.3 is 6.03 Å². The molecule has 5 aromatic rings. The van der Waals surface area contributed by atoms with E-state index in [1.54, 1.807) is 0 Å². The van der Waals surface area contributed by atoms with Gasteiger partial charge in [-0.25, -0.2) is 23.1 Å². The Morgan fingerprint density at radius 1 is 1.04 bits per heavy atom. The van der Waals surface area contributed by atoms with E-state index in [2.05, 4.69) is 41.0 Å². The maximum absolute atomic E-state index is 15.4. The third-order valence-corrected chi connectivity index (χ3v) is 9.24. The highest BCUT2D eigenvalue weighted by atomic mass is 35.5. The number of piperidine rings is 1. The van der Waals surface area contributed by atoms with Crippen LogP contribution in [0.2, 0.25) is 4.47 Å². The third kappa shape index (κ3) is 9.35. The van der Waals surface area contributed by atoms with Crippen LogP contribution in [0, 0.1) is 11.6 Å². The van der Waals surface area contributed by atoms with Crippen molar-refractivity contribution in [2.45, 2.75) is 64.0 Å². The number of urea groups is 1. The van der Waals surface area contributed by atoms with Gasteiger partial charge in [0.15, 0.2) is 11.6 Å². The molecule has 0 unspecified atom stereocenters. The van der Waals surface area contributed by atoms with E-state index >= 15 is 4.39 Å². The van der Waals surface area contributed by atoms with Crippen molar-refractivity contribution in [2.24, 2.45) is 5.73 Å². The van der Waals surface area contributed by atoms with Crippen LogP contribution in [-0.4, -0.2) is 59.9 Å². The van der Waals surface area contributed by atoms with Crippen molar-refractivity contribution in [2.75, 3.05) is 18.4 Å².